The van der Waals surface area contributed by atoms with E-state index in [9.17, 15) is 13.2 Å². The lowest BCUT2D eigenvalue weighted by molar-refractivity contribution is -0.114. The summed E-state index contributed by atoms with van der Waals surface area (Å²) in [5.41, 5.74) is 2.94. The van der Waals surface area contributed by atoms with Crippen molar-refractivity contribution in [3.05, 3.63) is 58.7 Å². The third-order valence-corrected chi connectivity index (χ3v) is 8.12. The normalized spacial score (nSPS) is 16.4. The number of amides is 1. The molecule has 4 rings (SSSR count). The number of carbonyl (C=O) groups is 1. The maximum atomic E-state index is 12.6. The lowest BCUT2D eigenvalue weighted by Crippen LogP contribution is -2.35. The third-order valence-electron chi connectivity index (χ3n) is 5.55. The average molecular weight is 543 g/mol. The van der Waals surface area contributed by atoms with Crippen LogP contribution in [0.3, 0.4) is 0 Å². The van der Waals surface area contributed by atoms with Gasteiger partial charge in [0.1, 0.15) is 5.75 Å². The number of hydrazone groups is 1. The number of hydrogen-bond donors (Lipinski definition) is 1. The van der Waals surface area contributed by atoms with Gasteiger partial charge in [-0.3, -0.25) is 10.2 Å². The number of amidine groups is 2. The Balaban J connectivity index is 1.40. The van der Waals surface area contributed by atoms with Gasteiger partial charge in [0, 0.05) is 12.7 Å². The summed E-state index contributed by atoms with van der Waals surface area (Å²) in [7, 11) is -2.09. The average Bonchev–Trinajstić information content (AvgIpc) is 3.29. The monoisotopic (exact) mass is 542 g/mol. The Morgan fingerprint density at radius 1 is 1.05 bits per heavy atom. The molecule has 0 saturated carbocycles. The standard InChI is InChI=1S/C25H26N4O6S2/c1-15-6-8-18(12-16(15)2)34-10-5-11-35-20-9-7-17(14-21(20)33-3)13-19-22(26)29-24(27-23(19)30)36-25(28-29)37(4,31)32/h6-9,12-14,26H,5,10-11H2,1-4H3/b19-13-,26-22?. The number of sulfone groups is 1. The Bertz CT molecular complexity index is 1460. The number of aliphatic imine (C=N–C) groups is 1. The third kappa shape index (κ3) is 6.03. The minimum atomic E-state index is -3.60. The van der Waals surface area contributed by atoms with Crippen LogP contribution < -0.4 is 14.2 Å². The highest BCUT2D eigenvalue weighted by atomic mass is 32.3. The van der Waals surface area contributed by atoms with Gasteiger partial charge in [-0.15, -0.1) is 5.10 Å². The van der Waals surface area contributed by atoms with E-state index in [-0.39, 0.29) is 21.0 Å². The van der Waals surface area contributed by atoms with Gasteiger partial charge in [-0.1, -0.05) is 12.1 Å². The number of ether oxygens (including phenoxy) is 3. The van der Waals surface area contributed by atoms with Crippen molar-refractivity contribution in [3.63, 3.8) is 0 Å². The summed E-state index contributed by atoms with van der Waals surface area (Å²) in [5.74, 6) is 0.890. The predicted molar refractivity (Wildman–Crippen MR) is 144 cm³/mol. The minimum absolute atomic E-state index is 0.0259. The first kappa shape index (κ1) is 26.4. The van der Waals surface area contributed by atoms with E-state index in [1.807, 2.05) is 25.1 Å². The molecule has 2 aromatic rings. The number of methoxy groups -OCH3 is 1. The molecule has 0 aliphatic carbocycles. The second kappa shape index (κ2) is 10.8. The first-order valence-corrected chi connectivity index (χ1v) is 14.0. The molecule has 0 atom stereocenters. The van der Waals surface area contributed by atoms with E-state index in [1.54, 1.807) is 18.2 Å². The summed E-state index contributed by atoms with van der Waals surface area (Å²) >= 11 is 0.740. The zero-order valence-electron chi connectivity index (χ0n) is 20.8. The van der Waals surface area contributed by atoms with Crippen molar-refractivity contribution in [3.8, 4) is 17.2 Å². The van der Waals surface area contributed by atoms with Crippen molar-refractivity contribution in [1.82, 2.24) is 5.01 Å². The molecule has 0 aromatic heterocycles. The quantitative estimate of drug-likeness (QED) is 0.394. The Hall–Kier alpha value is -3.64. The van der Waals surface area contributed by atoms with Crippen LogP contribution in [0.15, 0.2) is 52.1 Å². The second-order valence-electron chi connectivity index (χ2n) is 8.36. The lowest BCUT2D eigenvalue weighted by Gasteiger charge is -2.20. The van der Waals surface area contributed by atoms with Gasteiger partial charge in [0.05, 0.1) is 25.9 Å². The summed E-state index contributed by atoms with van der Waals surface area (Å²) in [6, 6.07) is 11.1. The highest BCUT2D eigenvalue weighted by Crippen LogP contribution is 2.32. The van der Waals surface area contributed by atoms with Crippen LogP contribution in [-0.4, -0.2) is 61.3 Å². The molecular weight excluding hydrogens is 516 g/mol. The number of aryl methyl sites for hydroxylation is 2. The van der Waals surface area contributed by atoms with E-state index in [2.05, 4.69) is 17.0 Å². The Labute approximate surface area is 219 Å². The van der Waals surface area contributed by atoms with E-state index < -0.39 is 15.7 Å². The number of benzene rings is 2. The molecule has 37 heavy (non-hydrogen) atoms. The van der Waals surface area contributed by atoms with Crippen LogP contribution >= 0.6 is 11.8 Å². The molecule has 2 aliphatic rings. The van der Waals surface area contributed by atoms with Gasteiger partial charge in [0.25, 0.3) is 5.91 Å². The molecule has 0 unspecified atom stereocenters. The van der Waals surface area contributed by atoms with Crippen molar-refractivity contribution >= 4 is 49.0 Å². The molecule has 0 saturated heterocycles. The summed E-state index contributed by atoms with van der Waals surface area (Å²) in [4.78, 5) is 16.5. The van der Waals surface area contributed by atoms with Crippen LogP contribution in [0.4, 0.5) is 0 Å². The highest BCUT2D eigenvalue weighted by molar-refractivity contribution is 8.42. The zero-order valence-corrected chi connectivity index (χ0v) is 22.4. The second-order valence-corrected chi connectivity index (χ2v) is 11.5. The Morgan fingerprint density at radius 2 is 1.81 bits per heavy atom. The molecule has 12 heteroatoms. The van der Waals surface area contributed by atoms with Crippen molar-refractivity contribution < 1.29 is 27.4 Å². The van der Waals surface area contributed by atoms with Gasteiger partial charge in [-0.2, -0.15) is 10.0 Å². The predicted octanol–water partition coefficient (Wildman–Crippen LogP) is 3.78. The van der Waals surface area contributed by atoms with Crippen molar-refractivity contribution in [2.24, 2.45) is 10.1 Å². The fourth-order valence-electron chi connectivity index (χ4n) is 3.42. The van der Waals surface area contributed by atoms with Gasteiger partial charge in [0.2, 0.25) is 19.4 Å². The number of carbonyl (C=O) groups excluding carboxylic acids is 1. The maximum Gasteiger partial charge on any atom is 0.283 e. The van der Waals surface area contributed by atoms with Crippen LogP contribution in [0.2, 0.25) is 0 Å². The van der Waals surface area contributed by atoms with Crippen LogP contribution in [0.5, 0.6) is 17.2 Å². The van der Waals surface area contributed by atoms with E-state index in [0.29, 0.717) is 36.7 Å². The van der Waals surface area contributed by atoms with Gasteiger partial charge in [-0.25, -0.2) is 8.42 Å². The minimum Gasteiger partial charge on any atom is -0.493 e. The Kier molecular flexibility index (Phi) is 7.69. The summed E-state index contributed by atoms with van der Waals surface area (Å²) in [6.07, 6.45) is 3.15. The number of hydrogen-bond acceptors (Lipinski definition) is 9. The number of fused-ring (bicyclic) bond motifs is 1. The van der Waals surface area contributed by atoms with Crippen LogP contribution in [-0.2, 0) is 14.6 Å². The van der Waals surface area contributed by atoms with Crippen molar-refractivity contribution in [2.45, 2.75) is 20.3 Å². The molecule has 0 radical (unpaired) electrons. The van der Waals surface area contributed by atoms with Gasteiger partial charge >= 0.3 is 0 Å². The Morgan fingerprint density at radius 3 is 2.51 bits per heavy atom. The van der Waals surface area contributed by atoms with Crippen LogP contribution in [0.25, 0.3) is 6.08 Å². The molecule has 10 nitrogen and oxygen atoms in total. The van der Waals surface area contributed by atoms with Crippen LogP contribution in [0, 0.1) is 19.3 Å². The van der Waals surface area contributed by atoms with E-state index in [4.69, 9.17) is 19.6 Å². The van der Waals surface area contributed by atoms with Crippen LogP contribution in [0.1, 0.15) is 23.1 Å². The van der Waals surface area contributed by atoms with E-state index in [1.165, 1.54) is 24.3 Å². The summed E-state index contributed by atoms with van der Waals surface area (Å²) in [5, 5.41) is 13.4. The molecule has 2 aliphatic heterocycles. The summed E-state index contributed by atoms with van der Waals surface area (Å²) < 4.78 is 40.5. The number of thioether (sulfide) groups is 1. The first-order valence-electron chi connectivity index (χ1n) is 11.3. The molecule has 0 bridgehead atoms. The molecule has 2 heterocycles. The van der Waals surface area contributed by atoms with Gasteiger partial charge < -0.3 is 14.2 Å². The van der Waals surface area contributed by atoms with E-state index in [0.717, 1.165) is 28.8 Å². The van der Waals surface area contributed by atoms with Crippen molar-refractivity contribution in [2.75, 3.05) is 26.6 Å². The molecule has 2 aromatic carbocycles. The van der Waals surface area contributed by atoms with Gasteiger partial charge in [-0.05, 0) is 72.6 Å². The largest absolute Gasteiger partial charge is 0.493 e. The molecule has 0 spiro atoms. The zero-order chi connectivity index (χ0) is 26.7. The SMILES string of the molecule is COc1cc(/C=C2/C(=N)N3N=C(S(C)(=O)=O)SC3=NC2=O)ccc1OCCCOc1ccc(C)c(C)c1. The fourth-order valence-corrected chi connectivity index (χ4v) is 5.10. The lowest BCUT2D eigenvalue weighted by atomic mass is 10.1. The summed E-state index contributed by atoms with van der Waals surface area (Å²) in [6.45, 7) is 5.01. The molecule has 1 amide bonds. The molecular formula is C25H26N4O6S2. The number of nitrogens with zero attached hydrogens (tertiary/aromatic N) is 3. The topological polar surface area (TPSA) is 131 Å². The number of nitrogens with one attached hydrogen (secondary N) is 1. The fraction of sp³-hybridized carbons (Fsp3) is 0.280. The molecule has 194 valence electrons. The first-order chi connectivity index (χ1) is 17.6. The maximum absolute atomic E-state index is 12.6. The van der Waals surface area contributed by atoms with Gasteiger partial charge in [0.15, 0.2) is 17.3 Å². The molecule has 0 fully saturated rings. The van der Waals surface area contributed by atoms with Crippen molar-refractivity contribution in [1.29, 1.82) is 5.41 Å². The number of rotatable bonds is 8. The smallest absolute Gasteiger partial charge is 0.283 e. The van der Waals surface area contributed by atoms with E-state index >= 15 is 0 Å². The highest BCUT2D eigenvalue weighted by Gasteiger charge is 2.38. The molecule has 1 N–H and O–H groups in total.